The minimum absolute atomic E-state index is 0.796. The van der Waals surface area contributed by atoms with Gasteiger partial charge in [0.1, 0.15) is 0 Å². The maximum atomic E-state index is 2.28. The van der Waals surface area contributed by atoms with Crippen molar-refractivity contribution in [2.75, 3.05) is 17.3 Å². The Hall–Kier alpha value is 1.05. The van der Waals surface area contributed by atoms with Crippen LogP contribution >= 0.6 is 35.3 Å². The van der Waals surface area contributed by atoms with Crippen LogP contribution in [-0.2, 0) is 0 Å². The molecular formula is C13H28S3. The van der Waals surface area contributed by atoms with Gasteiger partial charge in [0, 0.05) is 0 Å². The van der Waals surface area contributed by atoms with Crippen LogP contribution in [0.5, 0.6) is 0 Å². The highest BCUT2D eigenvalue weighted by Gasteiger charge is 2.09. The van der Waals surface area contributed by atoms with Crippen LogP contribution in [0.25, 0.3) is 0 Å². The lowest BCUT2D eigenvalue weighted by Crippen LogP contribution is -1.97. The Morgan fingerprint density at radius 1 is 0.625 bits per heavy atom. The van der Waals surface area contributed by atoms with Gasteiger partial charge in [0.05, 0.1) is 3.91 Å². The molecule has 0 saturated carbocycles. The largest absolute Gasteiger partial charge is 0.137 e. The number of unbranched alkanes of at least 4 members (excludes halogenated alkanes) is 3. The first-order valence-electron chi connectivity index (χ1n) is 6.69. The summed E-state index contributed by atoms with van der Waals surface area (Å²) in [7, 11) is 0. The summed E-state index contributed by atoms with van der Waals surface area (Å²) in [6, 6.07) is 0. The van der Waals surface area contributed by atoms with Crippen molar-refractivity contribution in [2.24, 2.45) is 0 Å². The average molecular weight is 281 g/mol. The van der Waals surface area contributed by atoms with Crippen molar-refractivity contribution in [3.05, 3.63) is 0 Å². The van der Waals surface area contributed by atoms with Gasteiger partial charge in [-0.25, -0.2) is 0 Å². The van der Waals surface area contributed by atoms with Crippen LogP contribution in [0.4, 0.5) is 0 Å². The zero-order valence-corrected chi connectivity index (χ0v) is 13.6. The van der Waals surface area contributed by atoms with Gasteiger partial charge in [-0.1, -0.05) is 40.0 Å². The standard InChI is InChI=1S/C13H28S3/c1-4-7-10-14-13(15-11-8-5-2)16-12-9-6-3/h13H,4-12H2,1-3H3. The van der Waals surface area contributed by atoms with Crippen LogP contribution in [0.15, 0.2) is 0 Å². The first-order valence-corrected chi connectivity index (χ1v) is 9.84. The number of rotatable bonds is 12. The van der Waals surface area contributed by atoms with E-state index < -0.39 is 0 Å². The Balaban J connectivity index is 3.58. The highest BCUT2D eigenvalue weighted by Crippen LogP contribution is 2.35. The van der Waals surface area contributed by atoms with E-state index in [-0.39, 0.29) is 0 Å². The summed E-state index contributed by atoms with van der Waals surface area (Å²) >= 11 is 6.52. The molecule has 0 aromatic rings. The van der Waals surface area contributed by atoms with E-state index in [4.69, 9.17) is 0 Å². The third kappa shape index (κ3) is 11.5. The molecule has 0 radical (unpaired) electrons. The summed E-state index contributed by atoms with van der Waals surface area (Å²) in [6.07, 6.45) is 8.13. The lowest BCUT2D eigenvalue weighted by molar-refractivity contribution is 0.893. The molecule has 0 bridgehead atoms. The van der Waals surface area contributed by atoms with Crippen molar-refractivity contribution >= 4 is 35.3 Å². The molecule has 0 N–H and O–H groups in total. The van der Waals surface area contributed by atoms with Crippen LogP contribution in [0.3, 0.4) is 0 Å². The first kappa shape index (κ1) is 17.1. The smallest absolute Gasteiger partial charge is 0.0955 e. The molecule has 0 fully saturated rings. The Morgan fingerprint density at radius 2 is 0.938 bits per heavy atom. The Kier molecular flexibility index (Phi) is 15.0. The zero-order valence-electron chi connectivity index (χ0n) is 11.2. The number of hydrogen-bond donors (Lipinski definition) is 0. The van der Waals surface area contributed by atoms with Crippen molar-refractivity contribution < 1.29 is 0 Å². The second-order valence-electron chi connectivity index (χ2n) is 3.96. The van der Waals surface area contributed by atoms with Gasteiger partial charge in [-0.3, -0.25) is 0 Å². The van der Waals surface area contributed by atoms with Gasteiger partial charge >= 0.3 is 0 Å². The van der Waals surface area contributed by atoms with Crippen molar-refractivity contribution in [3.63, 3.8) is 0 Å². The molecule has 0 atom stereocenters. The number of thioether (sulfide) groups is 3. The fraction of sp³-hybridized carbons (Fsp3) is 1.00. The van der Waals surface area contributed by atoms with E-state index in [0.29, 0.717) is 0 Å². The third-order valence-corrected chi connectivity index (χ3v) is 7.09. The number of hydrogen-bond acceptors (Lipinski definition) is 3. The molecule has 0 aliphatic heterocycles. The zero-order chi connectivity index (χ0) is 12.1. The summed E-state index contributed by atoms with van der Waals surface area (Å²) in [5.41, 5.74) is 0. The van der Waals surface area contributed by atoms with Gasteiger partial charge in [0.2, 0.25) is 0 Å². The third-order valence-electron chi connectivity index (χ3n) is 2.26. The molecule has 16 heavy (non-hydrogen) atoms. The van der Waals surface area contributed by atoms with Crippen LogP contribution in [0.2, 0.25) is 0 Å². The molecule has 0 rings (SSSR count). The van der Waals surface area contributed by atoms with Crippen LogP contribution in [0, 0.1) is 0 Å². The van der Waals surface area contributed by atoms with E-state index in [1.54, 1.807) is 0 Å². The van der Waals surface area contributed by atoms with E-state index in [1.807, 2.05) is 0 Å². The minimum Gasteiger partial charge on any atom is -0.137 e. The van der Waals surface area contributed by atoms with Gasteiger partial charge in [-0.15, -0.1) is 35.3 Å². The summed E-state index contributed by atoms with van der Waals surface area (Å²) < 4.78 is 0.796. The molecule has 0 aliphatic rings. The van der Waals surface area contributed by atoms with Gasteiger partial charge < -0.3 is 0 Å². The monoisotopic (exact) mass is 280 g/mol. The molecule has 0 aromatic heterocycles. The van der Waals surface area contributed by atoms with Gasteiger partial charge in [0.15, 0.2) is 0 Å². The van der Waals surface area contributed by atoms with Crippen molar-refractivity contribution in [3.8, 4) is 0 Å². The van der Waals surface area contributed by atoms with E-state index in [2.05, 4.69) is 56.1 Å². The molecule has 0 amide bonds. The highest BCUT2D eigenvalue weighted by atomic mass is 32.3. The molecule has 0 saturated heterocycles. The SMILES string of the molecule is CCCCSC(SCCCC)SCCCC. The molecule has 98 valence electrons. The molecule has 0 aliphatic carbocycles. The molecule has 0 nitrogen and oxygen atoms in total. The predicted molar refractivity (Wildman–Crippen MR) is 85.9 cm³/mol. The molecular weight excluding hydrogens is 252 g/mol. The van der Waals surface area contributed by atoms with E-state index in [9.17, 15) is 0 Å². The topological polar surface area (TPSA) is 0 Å². The second kappa shape index (κ2) is 14.1. The predicted octanol–water partition coefficient (Wildman–Crippen LogP) is 5.87. The fourth-order valence-corrected chi connectivity index (χ4v) is 5.95. The Morgan fingerprint density at radius 3 is 1.19 bits per heavy atom. The summed E-state index contributed by atoms with van der Waals surface area (Å²) in [6.45, 7) is 6.85. The normalized spacial score (nSPS) is 11.2. The molecule has 3 heteroatoms. The fourth-order valence-electron chi connectivity index (χ4n) is 1.12. The van der Waals surface area contributed by atoms with Crippen molar-refractivity contribution in [1.82, 2.24) is 0 Å². The average Bonchev–Trinajstić information content (AvgIpc) is 2.29. The van der Waals surface area contributed by atoms with E-state index in [1.165, 1.54) is 55.8 Å². The highest BCUT2D eigenvalue weighted by molar-refractivity contribution is 8.32. The summed E-state index contributed by atoms with van der Waals surface area (Å²) in [4.78, 5) is 0. The summed E-state index contributed by atoms with van der Waals surface area (Å²) in [5, 5.41) is 0. The minimum atomic E-state index is 0.796. The molecule has 0 heterocycles. The van der Waals surface area contributed by atoms with Crippen LogP contribution < -0.4 is 0 Å². The van der Waals surface area contributed by atoms with Gasteiger partial charge in [-0.05, 0) is 36.5 Å². The van der Waals surface area contributed by atoms with Gasteiger partial charge in [0.25, 0.3) is 0 Å². The van der Waals surface area contributed by atoms with Crippen LogP contribution in [0.1, 0.15) is 59.3 Å². The Bertz CT molecular complexity index is 105. The second-order valence-corrected chi connectivity index (χ2v) is 8.50. The van der Waals surface area contributed by atoms with E-state index in [0.717, 1.165) is 3.91 Å². The van der Waals surface area contributed by atoms with Crippen LogP contribution in [-0.4, -0.2) is 21.2 Å². The molecule has 0 aromatic carbocycles. The lowest BCUT2D eigenvalue weighted by atomic mass is 10.4. The first-order chi connectivity index (χ1) is 7.85. The molecule has 0 spiro atoms. The van der Waals surface area contributed by atoms with Gasteiger partial charge in [-0.2, -0.15) is 0 Å². The van der Waals surface area contributed by atoms with E-state index >= 15 is 0 Å². The van der Waals surface area contributed by atoms with Crippen molar-refractivity contribution in [2.45, 2.75) is 63.2 Å². The Labute approximate surface area is 115 Å². The molecule has 0 unspecified atom stereocenters. The summed E-state index contributed by atoms with van der Waals surface area (Å²) in [5.74, 6) is 4.04. The van der Waals surface area contributed by atoms with Crippen molar-refractivity contribution in [1.29, 1.82) is 0 Å². The quantitative estimate of drug-likeness (QED) is 0.324. The lowest BCUT2D eigenvalue weighted by Gasteiger charge is -2.15. The maximum absolute atomic E-state index is 2.28. The maximum Gasteiger partial charge on any atom is 0.0955 e.